The van der Waals surface area contributed by atoms with Crippen molar-refractivity contribution in [3.8, 4) is 11.5 Å². The van der Waals surface area contributed by atoms with Gasteiger partial charge in [0, 0.05) is 37.6 Å². The molecule has 1 saturated carbocycles. The minimum absolute atomic E-state index is 0.114. The van der Waals surface area contributed by atoms with Crippen molar-refractivity contribution in [1.82, 2.24) is 4.98 Å². The molecule has 2 aromatic carbocycles. The summed E-state index contributed by atoms with van der Waals surface area (Å²) in [5.74, 6) is 0.0745. The average molecular weight is 538 g/mol. The highest BCUT2D eigenvalue weighted by Crippen LogP contribution is 2.41. The van der Waals surface area contributed by atoms with Crippen LogP contribution in [0.5, 0.6) is 11.5 Å². The highest BCUT2D eigenvalue weighted by atomic mass is 35.5. The molecule has 0 N–H and O–H groups in total. The van der Waals surface area contributed by atoms with Crippen LogP contribution in [0.15, 0.2) is 60.9 Å². The lowest BCUT2D eigenvalue weighted by molar-refractivity contribution is -0.139. The number of halogens is 2. The second-order valence-electron chi connectivity index (χ2n) is 8.83. The molecule has 190 valence electrons. The first-order chi connectivity index (χ1) is 18.0. The number of para-hydroxylation sites is 2. The van der Waals surface area contributed by atoms with Gasteiger partial charge < -0.3 is 19.3 Å². The number of nitrogens with zero attached hydrogens (tertiary/aromatic N) is 3. The van der Waals surface area contributed by atoms with Crippen molar-refractivity contribution in [2.24, 2.45) is 0 Å². The maximum absolute atomic E-state index is 13.8. The van der Waals surface area contributed by atoms with E-state index in [4.69, 9.17) is 27.9 Å². The predicted octanol–water partition coefficient (Wildman–Crippen LogP) is 6.39. The third-order valence-electron chi connectivity index (χ3n) is 6.37. The van der Waals surface area contributed by atoms with Gasteiger partial charge in [0.25, 0.3) is 5.91 Å². The molecule has 1 aromatic heterocycles. The monoisotopic (exact) mass is 537 g/mol. The number of fused-ring (bicyclic) bond motifs is 1. The van der Waals surface area contributed by atoms with Gasteiger partial charge >= 0.3 is 5.97 Å². The van der Waals surface area contributed by atoms with Crippen LogP contribution in [0.2, 0.25) is 10.0 Å². The Bertz CT molecular complexity index is 1370. The molecular weight excluding hydrogens is 513 g/mol. The normalized spacial score (nSPS) is 15.0. The predicted molar refractivity (Wildman–Crippen MR) is 145 cm³/mol. The Kier molecular flexibility index (Phi) is 7.35. The van der Waals surface area contributed by atoms with Crippen molar-refractivity contribution in [2.45, 2.75) is 25.3 Å². The fourth-order valence-corrected chi connectivity index (χ4v) is 4.80. The molecule has 0 unspecified atom stereocenters. The molecule has 7 nitrogen and oxygen atoms in total. The van der Waals surface area contributed by atoms with E-state index in [-0.39, 0.29) is 18.3 Å². The summed E-state index contributed by atoms with van der Waals surface area (Å²) in [6.07, 6.45) is 8.89. The quantitative estimate of drug-likeness (QED) is 0.325. The Morgan fingerprint density at radius 3 is 2.59 bits per heavy atom. The summed E-state index contributed by atoms with van der Waals surface area (Å²) < 4.78 is 10.7. The Morgan fingerprint density at radius 2 is 1.84 bits per heavy atom. The minimum atomic E-state index is -0.357. The van der Waals surface area contributed by atoms with Gasteiger partial charge in [0.1, 0.15) is 17.1 Å². The summed E-state index contributed by atoms with van der Waals surface area (Å²) >= 11 is 12.9. The van der Waals surface area contributed by atoms with Gasteiger partial charge in [-0.15, -0.1) is 0 Å². The molecule has 1 amide bonds. The molecule has 1 aliphatic carbocycles. The number of carbonyl (C=O) groups is 2. The van der Waals surface area contributed by atoms with Crippen molar-refractivity contribution in [1.29, 1.82) is 0 Å². The highest BCUT2D eigenvalue weighted by molar-refractivity contribution is 6.35. The smallest absolute Gasteiger partial charge is 0.309 e. The highest BCUT2D eigenvalue weighted by Gasteiger charge is 2.36. The number of carbonyl (C=O) groups excluding carboxylic acids is 2. The number of aromatic nitrogens is 1. The largest absolute Gasteiger partial charge is 0.469 e. The molecule has 1 fully saturated rings. The molecule has 1 aliphatic heterocycles. The Morgan fingerprint density at radius 1 is 1.05 bits per heavy atom. The van der Waals surface area contributed by atoms with Crippen molar-refractivity contribution in [2.75, 3.05) is 30.0 Å². The number of anilines is 2. The number of methoxy groups -OCH3 is 1. The van der Waals surface area contributed by atoms with Gasteiger partial charge in [0.05, 0.1) is 35.0 Å². The molecule has 9 heteroatoms. The van der Waals surface area contributed by atoms with E-state index >= 15 is 0 Å². The fraction of sp³-hybridized carbons (Fsp3) is 0.250. The maximum atomic E-state index is 13.8. The summed E-state index contributed by atoms with van der Waals surface area (Å²) in [5, 5.41) is 0.688. The molecule has 0 atom stereocenters. The average Bonchev–Trinajstić information content (AvgIpc) is 3.76. The summed E-state index contributed by atoms with van der Waals surface area (Å²) in [6, 6.07) is 13.4. The van der Waals surface area contributed by atoms with Gasteiger partial charge in [0.15, 0.2) is 0 Å². The summed E-state index contributed by atoms with van der Waals surface area (Å²) in [6.45, 7) is 1.34. The Labute approximate surface area is 225 Å². The number of hydrogen-bond acceptors (Lipinski definition) is 6. The first-order valence-electron chi connectivity index (χ1n) is 12.0. The molecule has 2 aliphatic rings. The van der Waals surface area contributed by atoms with E-state index in [1.54, 1.807) is 41.4 Å². The number of hydrogen-bond donors (Lipinski definition) is 0. The van der Waals surface area contributed by atoms with Crippen LogP contribution in [0.1, 0.15) is 35.2 Å². The molecule has 2 heterocycles. The van der Waals surface area contributed by atoms with Crippen LogP contribution < -0.4 is 14.5 Å². The standard InChI is InChI=1S/C28H25Cl2N3O4/c1-36-27(34)8-4-5-18-15-22(30)26(16-21(18)29)37-25-11-12-31-17-20(25)28(35)33-14-13-32(19-9-10-19)23-6-2-3-7-24(23)33/h2-7,11-12,15-17,19H,8-10,13-14H2,1H3/b5-4+. The van der Waals surface area contributed by atoms with E-state index < -0.39 is 0 Å². The number of esters is 1. The van der Waals surface area contributed by atoms with Crippen LogP contribution in [0.4, 0.5) is 11.4 Å². The second-order valence-corrected chi connectivity index (χ2v) is 9.65. The lowest BCUT2D eigenvalue weighted by atomic mass is 10.1. The number of rotatable bonds is 7. The second kappa shape index (κ2) is 10.8. The van der Waals surface area contributed by atoms with Crippen LogP contribution in [0, 0.1) is 0 Å². The van der Waals surface area contributed by atoms with Crippen LogP contribution >= 0.6 is 23.2 Å². The van der Waals surface area contributed by atoms with Gasteiger partial charge in [-0.05, 0) is 42.7 Å². The van der Waals surface area contributed by atoms with E-state index in [2.05, 4.69) is 20.7 Å². The van der Waals surface area contributed by atoms with Gasteiger partial charge in [0.2, 0.25) is 0 Å². The van der Waals surface area contributed by atoms with Crippen molar-refractivity contribution >= 4 is 52.5 Å². The third-order valence-corrected chi connectivity index (χ3v) is 6.99. The van der Waals surface area contributed by atoms with E-state index in [0.717, 1.165) is 17.9 Å². The lowest BCUT2D eigenvalue weighted by Crippen LogP contribution is -2.45. The van der Waals surface area contributed by atoms with Crippen LogP contribution in [-0.2, 0) is 9.53 Å². The molecule has 37 heavy (non-hydrogen) atoms. The van der Waals surface area contributed by atoms with E-state index in [9.17, 15) is 9.59 Å². The zero-order chi connectivity index (χ0) is 25.9. The molecule has 0 radical (unpaired) electrons. The van der Waals surface area contributed by atoms with Gasteiger partial charge in [-0.2, -0.15) is 0 Å². The van der Waals surface area contributed by atoms with Crippen molar-refractivity contribution in [3.63, 3.8) is 0 Å². The maximum Gasteiger partial charge on any atom is 0.309 e. The number of benzene rings is 2. The molecule has 3 aromatic rings. The molecular formula is C28H25Cl2N3O4. The summed E-state index contributed by atoms with van der Waals surface area (Å²) in [4.78, 5) is 33.4. The molecule has 0 bridgehead atoms. The first kappa shape index (κ1) is 25.1. The zero-order valence-corrected chi connectivity index (χ0v) is 21.7. The molecule has 0 saturated heterocycles. The first-order valence-corrected chi connectivity index (χ1v) is 12.7. The topological polar surface area (TPSA) is 72.0 Å². The van der Waals surface area contributed by atoms with Crippen LogP contribution in [-0.4, -0.2) is 43.1 Å². The van der Waals surface area contributed by atoms with Crippen LogP contribution in [0.3, 0.4) is 0 Å². The van der Waals surface area contributed by atoms with Crippen molar-refractivity contribution < 1.29 is 19.1 Å². The van der Waals surface area contributed by atoms with Gasteiger partial charge in [-0.3, -0.25) is 14.6 Å². The third kappa shape index (κ3) is 5.43. The fourth-order valence-electron chi connectivity index (χ4n) is 4.37. The van der Waals surface area contributed by atoms with E-state index in [1.165, 1.54) is 26.1 Å². The van der Waals surface area contributed by atoms with Crippen LogP contribution in [0.25, 0.3) is 6.08 Å². The Hall–Kier alpha value is -3.55. The number of amides is 1. The summed E-state index contributed by atoms with van der Waals surface area (Å²) in [7, 11) is 1.33. The molecule has 0 spiro atoms. The number of pyridine rings is 1. The summed E-state index contributed by atoms with van der Waals surface area (Å²) in [5.41, 5.74) is 2.90. The van der Waals surface area contributed by atoms with Crippen molar-refractivity contribution in [3.05, 3.63) is 82.1 Å². The van der Waals surface area contributed by atoms with E-state index in [1.807, 2.05) is 18.2 Å². The van der Waals surface area contributed by atoms with E-state index in [0.29, 0.717) is 45.3 Å². The minimum Gasteiger partial charge on any atom is -0.469 e. The van der Waals surface area contributed by atoms with Gasteiger partial charge in [-0.25, -0.2) is 0 Å². The lowest BCUT2D eigenvalue weighted by Gasteiger charge is -2.38. The van der Waals surface area contributed by atoms with Gasteiger partial charge in [-0.1, -0.05) is 47.5 Å². The number of ether oxygens (including phenoxy) is 2. The zero-order valence-electron chi connectivity index (χ0n) is 20.2. The molecule has 5 rings (SSSR count). The Balaban J connectivity index is 1.39. The SMILES string of the molecule is COC(=O)C/C=C/c1cc(Cl)c(Oc2ccncc2C(=O)N2CCN(C3CC3)c3ccccc32)cc1Cl.